The van der Waals surface area contributed by atoms with Crippen LogP contribution in [0, 0.1) is 0 Å². The lowest BCUT2D eigenvalue weighted by Gasteiger charge is -2.09. The average Bonchev–Trinajstić information content (AvgIpc) is 2.67. The molecule has 0 aliphatic rings. The number of aromatic nitrogens is 2. The third-order valence-electron chi connectivity index (χ3n) is 1.68. The zero-order valence-electron chi connectivity index (χ0n) is 7.21. The Bertz CT molecular complexity index is 303. The molecule has 0 aromatic carbocycles. The van der Waals surface area contributed by atoms with Gasteiger partial charge in [0.05, 0.1) is 0 Å². The zero-order chi connectivity index (χ0) is 11.7. The number of alkyl halides is 6. The van der Waals surface area contributed by atoms with Crippen molar-refractivity contribution in [3.8, 4) is 0 Å². The van der Waals surface area contributed by atoms with Crippen LogP contribution < -0.4 is 0 Å². The molecule has 0 atom stereocenters. The first-order valence-electron chi connectivity index (χ1n) is 3.77. The molecule has 1 heterocycles. The Morgan fingerprint density at radius 2 is 1.60 bits per heavy atom. The monoisotopic (exact) mass is 232 g/mol. The van der Waals surface area contributed by atoms with Gasteiger partial charge in [0.25, 0.3) is 0 Å². The highest BCUT2D eigenvalue weighted by molar-refractivity contribution is 5.17. The highest BCUT2D eigenvalue weighted by Gasteiger charge is 2.39. The van der Waals surface area contributed by atoms with Gasteiger partial charge in [-0.3, -0.25) is 5.10 Å². The van der Waals surface area contributed by atoms with Crippen LogP contribution in [0.15, 0.2) is 6.07 Å². The van der Waals surface area contributed by atoms with E-state index < -0.39 is 36.6 Å². The minimum atomic E-state index is -3.94. The number of nitrogens with one attached hydrogen (secondary N) is 1. The van der Waals surface area contributed by atoms with E-state index in [2.05, 4.69) is 5.10 Å². The highest BCUT2D eigenvalue weighted by atomic mass is 19.3. The van der Waals surface area contributed by atoms with Gasteiger partial charge < -0.3 is 0 Å². The number of H-pyrrole nitrogens is 1. The van der Waals surface area contributed by atoms with Gasteiger partial charge >= 0.3 is 11.8 Å². The van der Waals surface area contributed by atoms with Crippen molar-refractivity contribution in [3.63, 3.8) is 0 Å². The van der Waals surface area contributed by atoms with Crippen LogP contribution >= 0.6 is 0 Å². The molecule has 1 aromatic heterocycles. The van der Waals surface area contributed by atoms with Crippen molar-refractivity contribution < 1.29 is 26.3 Å². The van der Waals surface area contributed by atoms with Crippen LogP contribution in [0.3, 0.4) is 0 Å². The molecule has 0 amide bonds. The van der Waals surface area contributed by atoms with Crippen LogP contribution in [0.5, 0.6) is 0 Å². The molecule has 1 aromatic rings. The quantitative estimate of drug-likeness (QED) is 0.794. The number of hydrogen-bond acceptors (Lipinski definition) is 1. The summed E-state index contributed by atoms with van der Waals surface area (Å²) in [5.41, 5.74) is -2.28. The maximum Gasteiger partial charge on any atom is 0.319 e. The molecule has 0 fully saturated rings. The van der Waals surface area contributed by atoms with Crippen molar-refractivity contribution in [2.24, 2.45) is 0 Å². The summed E-state index contributed by atoms with van der Waals surface area (Å²) in [5, 5.41) is 4.36. The smallest absolute Gasteiger partial charge is 0.276 e. The molecule has 0 spiro atoms. The SMILES string of the molecule is FCC(F)(F)c1cc(C(F)(F)CF)[nH]n1. The van der Waals surface area contributed by atoms with Gasteiger partial charge in [0, 0.05) is 0 Å². The van der Waals surface area contributed by atoms with Gasteiger partial charge in [-0.15, -0.1) is 0 Å². The van der Waals surface area contributed by atoms with Gasteiger partial charge in [0.2, 0.25) is 0 Å². The maximum absolute atomic E-state index is 12.6. The first-order chi connectivity index (χ1) is 6.83. The molecule has 0 unspecified atom stereocenters. The van der Waals surface area contributed by atoms with E-state index in [1.54, 1.807) is 5.10 Å². The Kier molecular flexibility index (Phi) is 2.96. The van der Waals surface area contributed by atoms with Gasteiger partial charge in [-0.1, -0.05) is 0 Å². The average molecular weight is 232 g/mol. The van der Waals surface area contributed by atoms with Crippen LogP contribution in [-0.4, -0.2) is 23.5 Å². The second-order valence-electron chi connectivity index (χ2n) is 2.84. The van der Waals surface area contributed by atoms with Crippen LogP contribution in [0.25, 0.3) is 0 Å². The summed E-state index contributed by atoms with van der Waals surface area (Å²) >= 11 is 0. The third-order valence-corrected chi connectivity index (χ3v) is 1.68. The molecule has 1 N–H and O–H groups in total. The molecule has 0 saturated carbocycles. The fourth-order valence-electron chi connectivity index (χ4n) is 0.837. The van der Waals surface area contributed by atoms with Gasteiger partial charge in [-0.2, -0.15) is 22.7 Å². The highest BCUT2D eigenvalue weighted by Crippen LogP contribution is 2.32. The Labute approximate surface area is 80.3 Å². The van der Waals surface area contributed by atoms with E-state index in [1.807, 2.05) is 0 Å². The number of aromatic amines is 1. The number of halogens is 6. The lowest BCUT2D eigenvalue weighted by molar-refractivity contribution is -0.0343. The summed E-state index contributed by atoms with van der Waals surface area (Å²) in [7, 11) is 0. The fourth-order valence-corrected chi connectivity index (χ4v) is 0.837. The summed E-state index contributed by atoms with van der Waals surface area (Å²) in [6, 6.07) is 0.249. The first kappa shape index (κ1) is 11.9. The summed E-state index contributed by atoms with van der Waals surface area (Å²) in [4.78, 5) is 0. The fraction of sp³-hybridized carbons (Fsp3) is 0.571. The van der Waals surface area contributed by atoms with Crippen molar-refractivity contribution in [2.75, 3.05) is 13.3 Å². The van der Waals surface area contributed by atoms with E-state index in [0.717, 1.165) is 0 Å². The molecule has 0 saturated heterocycles. The zero-order valence-corrected chi connectivity index (χ0v) is 7.21. The Morgan fingerprint density at radius 3 is 2.07 bits per heavy atom. The van der Waals surface area contributed by atoms with E-state index in [0.29, 0.717) is 0 Å². The van der Waals surface area contributed by atoms with E-state index >= 15 is 0 Å². The molecule has 0 aliphatic heterocycles. The molecule has 0 aliphatic carbocycles. The van der Waals surface area contributed by atoms with Crippen molar-refractivity contribution in [3.05, 3.63) is 17.5 Å². The molecule has 15 heavy (non-hydrogen) atoms. The van der Waals surface area contributed by atoms with Gasteiger partial charge in [-0.05, 0) is 6.07 Å². The van der Waals surface area contributed by atoms with Crippen LogP contribution in [0.4, 0.5) is 26.3 Å². The molecular weight excluding hydrogens is 226 g/mol. The lowest BCUT2D eigenvalue weighted by Crippen LogP contribution is -2.17. The van der Waals surface area contributed by atoms with Crippen LogP contribution in [-0.2, 0) is 11.8 Å². The largest absolute Gasteiger partial charge is 0.319 e. The van der Waals surface area contributed by atoms with E-state index in [9.17, 15) is 26.3 Å². The Balaban J connectivity index is 3.00. The van der Waals surface area contributed by atoms with Crippen molar-refractivity contribution in [1.82, 2.24) is 10.2 Å². The number of rotatable bonds is 4. The molecule has 8 heteroatoms. The predicted octanol–water partition coefficient (Wildman–Crippen LogP) is 2.53. The predicted molar refractivity (Wildman–Crippen MR) is 38.3 cm³/mol. The first-order valence-corrected chi connectivity index (χ1v) is 3.77. The topological polar surface area (TPSA) is 28.7 Å². The summed E-state index contributed by atoms with van der Waals surface area (Å²) in [6.07, 6.45) is 0. The second-order valence-corrected chi connectivity index (χ2v) is 2.84. The molecule has 86 valence electrons. The van der Waals surface area contributed by atoms with E-state index in [4.69, 9.17) is 0 Å². The van der Waals surface area contributed by atoms with E-state index in [1.165, 1.54) is 0 Å². The van der Waals surface area contributed by atoms with Crippen LogP contribution in [0.1, 0.15) is 11.4 Å². The molecule has 1 rings (SSSR count). The molecule has 0 radical (unpaired) electrons. The Morgan fingerprint density at radius 1 is 1.07 bits per heavy atom. The third kappa shape index (κ3) is 2.24. The lowest BCUT2D eigenvalue weighted by atomic mass is 10.2. The van der Waals surface area contributed by atoms with E-state index in [-0.39, 0.29) is 6.07 Å². The van der Waals surface area contributed by atoms with Crippen molar-refractivity contribution in [2.45, 2.75) is 11.8 Å². The maximum atomic E-state index is 12.6. The van der Waals surface area contributed by atoms with Gasteiger partial charge in [0.1, 0.15) is 11.4 Å². The number of hydrogen-bond donors (Lipinski definition) is 1. The number of nitrogens with zero attached hydrogens (tertiary/aromatic N) is 1. The van der Waals surface area contributed by atoms with Crippen molar-refractivity contribution in [1.29, 1.82) is 0 Å². The van der Waals surface area contributed by atoms with Gasteiger partial charge in [0.15, 0.2) is 13.3 Å². The Hall–Kier alpha value is -1.21. The van der Waals surface area contributed by atoms with Crippen LogP contribution in [0.2, 0.25) is 0 Å². The standard InChI is InChI=1S/C7H6F6N2/c8-2-6(10,11)4-1-5(15-14-4)7(12,13)3-9/h1H,2-3H2,(H,14,15). The van der Waals surface area contributed by atoms with Crippen molar-refractivity contribution >= 4 is 0 Å². The minimum Gasteiger partial charge on any atom is -0.276 e. The summed E-state index contributed by atoms with van der Waals surface area (Å²) in [5.74, 6) is -7.86. The minimum absolute atomic E-state index is 0.249. The molecule has 0 bridgehead atoms. The molecular formula is C7H6F6N2. The second kappa shape index (κ2) is 3.74. The molecule has 2 nitrogen and oxygen atoms in total. The normalized spacial score (nSPS) is 13.2. The van der Waals surface area contributed by atoms with Gasteiger partial charge in [-0.25, -0.2) is 8.78 Å². The summed E-state index contributed by atoms with van der Waals surface area (Å²) in [6.45, 7) is -4.10. The summed E-state index contributed by atoms with van der Waals surface area (Å²) < 4.78 is 74.0.